The van der Waals surface area contributed by atoms with Gasteiger partial charge in [-0.15, -0.1) is 0 Å². The van der Waals surface area contributed by atoms with E-state index in [2.05, 4.69) is 5.32 Å². The Morgan fingerprint density at radius 3 is 2.11 bits per heavy atom. The van der Waals surface area contributed by atoms with Gasteiger partial charge in [-0.2, -0.15) is 13.2 Å². The molecule has 0 saturated heterocycles. The van der Waals surface area contributed by atoms with E-state index in [0.717, 1.165) is 18.4 Å². The molecule has 28 heavy (non-hydrogen) atoms. The summed E-state index contributed by atoms with van der Waals surface area (Å²) in [6.45, 7) is 0.385. The van der Waals surface area contributed by atoms with Gasteiger partial charge in [0.2, 0.25) is 0 Å². The lowest BCUT2D eigenvalue weighted by molar-refractivity contribution is -0.0328. The van der Waals surface area contributed by atoms with Gasteiger partial charge >= 0.3 is 5.51 Å². The highest BCUT2D eigenvalue weighted by Gasteiger charge is 2.33. The smallest absolute Gasteiger partial charge is 0.355 e. The summed E-state index contributed by atoms with van der Waals surface area (Å²) in [5.41, 5.74) is -2.57. The average molecular weight is 408 g/mol. The number of amides is 2. The van der Waals surface area contributed by atoms with Crippen molar-refractivity contribution in [3.8, 4) is 0 Å². The first-order chi connectivity index (χ1) is 13.3. The molecule has 2 amide bonds. The second kappa shape index (κ2) is 8.26. The van der Waals surface area contributed by atoms with Crippen LogP contribution >= 0.6 is 11.8 Å². The van der Waals surface area contributed by atoms with Crippen LogP contribution in [0.5, 0.6) is 0 Å². The molecular weight excluding hydrogens is 389 g/mol. The van der Waals surface area contributed by atoms with Gasteiger partial charge in [-0.1, -0.05) is 12.1 Å². The highest BCUT2D eigenvalue weighted by atomic mass is 32.2. The Balaban J connectivity index is 1.71. The van der Waals surface area contributed by atoms with Crippen LogP contribution in [-0.2, 0) is 6.54 Å². The number of nitrogens with one attached hydrogen (secondary N) is 1. The zero-order valence-electron chi connectivity index (χ0n) is 15.1. The monoisotopic (exact) mass is 408 g/mol. The Morgan fingerprint density at radius 2 is 1.61 bits per heavy atom. The number of carbonyl (C=O) groups excluding carboxylic acids is 2. The maximum Gasteiger partial charge on any atom is 0.446 e. The second-order valence-corrected chi connectivity index (χ2v) is 7.65. The summed E-state index contributed by atoms with van der Waals surface area (Å²) in [4.78, 5) is 26.3. The Kier molecular flexibility index (Phi) is 5.98. The van der Waals surface area contributed by atoms with E-state index >= 15 is 0 Å². The van der Waals surface area contributed by atoms with Crippen molar-refractivity contribution in [2.75, 3.05) is 7.05 Å². The molecule has 0 radical (unpaired) electrons. The predicted octanol–water partition coefficient (Wildman–Crippen LogP) is 4.46. The Labute approximate surface area is 165 Å². The largest absolute Gasteiger partial charge is 0.446 e. The zero-order valence-corrected chi connectivity index (χ0v) is 15.9. The molecule has 3 rings (SSSR count). The second-order valence-electron chi connectivity index (χ2n) is 6.51. The number of halogens is 3. The van der Waals surface area contributed by atoms with Gasteiger partial charge in [0.25, 0.3) is 11.8 Å². The number of hydrogen-bond acceptors (Lipinski definition) is 3. The van der Waals surface area contributed by atoms with E-state index in [0.29, 0.717) is 17.7 Å². The van der Waals surface area contributed by atoms with Gasteiger partial charge in [-0.05, 0) is 66.6 Å². The van der Waals surface area contributed by atoms with Crippen LogP contribution in [0.4, 0.5) is 13.2 Å². The Bertz CT molecular complexity index is 847. The van der Waals surface area contributed by atoms with Gasteiger partial charge in [-0.3, -0.25) is 9.59 Å². The van der Waals surface area contributed by atoms with E-state index in [4.69, 9.17) is 0 Å². The van der Waals surface area contributed by atoms with Crippen molar-refractivity contribution in [3.05, 3.63) is 65.2 Å². The van der Waals surface area contributed by atoms with E-state index in [-0.39, 0.29) is 34.5 Å². The molecule has 0 unspecified atom stereocenters. The van der Waals surface area contributed by atoms with Gasteiger partial charge in [0.15, 0.2) is 0 Å². The predicted molar refractivity (Wildman–Crippen MR) is 101 cm³/mol. The molecule has 2 aromatic rings. The normalized spacial score (nSPS) is 13.9. The standard InChI is InChI=1S/C20H19F3N2O2S/c1-24-18(26)14-4-2-13(3-5-14)12-25(16-8-9-16)19(27)15-6-10-17(11-7-15)28-20(21,22)23/h2-7,10-11,16H,8-9,12H2,1H3,(H,24,26). The van der Waals surface area contributed by atoms with Crippen molar-refractivity contribution in [1.29, 1.82) is 0 Å². The molecule has 1 saturated carbocycles. The molecule has 1 aliphatic carbocycles. The van der Waals surface area contributed by atoms with Crippen molar-refractivity contribution in [1.82, 2.24) is 10.2 Å². The van der Waals surface area contributed by atoms with E-state index < -0.39 is 5.51 Å². The number of thioether (sulfide) groups is 1. The van der Waals surface area contributed by atoms with Gasteiger partial charge in [-0.25, -0.2) is 0 Å². The van der Waals surface area contributed by atoms with Crippen LogP contribution in [0.15, 0.2) is 53.4 Å². The van der Waals surface area contributed by atoms with Gasteiger partial charge in [0.1, 0.15) is 0 Å². The Morgan fingerprint density at radius 1 is 1.04 bits per heavy atom. The fraction of sp³-hybridized carbons (Fsp3) is 0.300. The minimum atomic E-state index is -4.35. The van der Waals surface area contributed by atoms with Crippen LogP contribution in [0.1, 0.15) is 39.1 Å². The number of carbonyl (C=O) groups is 2. The molecule has 0 atom stereocenters. The van der Waals surface area contributed by atoms with E-state index in [1.54, 1.807) is 36.2 Å². The topological polar surface area (TPSA) is 49.4 Å². The average Bonchev–Trinajstić information content (AvgIpc) is 3.50. The molecule has 148 valence electrons. The first-order valence-electron chi connectivity index (χ1n) is 8.74. The quantitative estimate of drug-likeness (QED) is 0.718. The minimum Gasteiger partial charge on any atom is -0.355 e. The third kappa shape index (κ3) is 5.28. The van der Waals surface area contributed by atoms with Crippen molar-refractivity contribution < 1.29 is 22.8 Å². The van der Waals surface area contributed by atoms with Crippen LogP contribution < -0.4 is 5.32 Å². The fourth-order valence-electron chi connectivity index (χ4n) is 2.82. The summed E-state index contributed by atoms with van der Waals surface area (Å²) in [5.74, 6) is -0.389. The molecule has 1 aliphatic rings. The minimum absolute atomic E-state index is 0.0480. The maximum atomic E-state index is 12.9. The van der Waals surface area contributed by atoms with Crippen molar-refractivity contribution in [2.45, 2.75) is 35.8 Å². The lowest BCUT2D eigenvalue weighted by Crippen LogP contribution is -2.32. The lowest BCUT2D eigenvalue weighted by Gasteiger charge is -2.23. The molecule has 2 aromatic carbocycles. The zero-order chi connectivity index (χ0) is 20.3. The highest BCUT2D eigenvalue weighted by Crippen LogP contribution is 2.37. The highest BCUT2D eigenvalue weighted by molar-refractivity contribution is 8.00. The van der Waals surface area contributed by atoms with E-state index in [1.165, 1.54) is 24.3 Å². The van der Waals surface area contributed by atoms with Crippen molar-refractivity contribution in [2.24, 2.45) is 0 Å². The number of benzene rings is 2. The van der Waals surface area contributed by atoms with Crippen LogP contribution in [0.25, 0.3) is 0 Å². The van der Waals surface area contributed by atoms with E-state index in [1.807, 2.05) is 0 Å². The maximum absolute atomic E-state index is 12.9. The van der Waals surface area contributed by atoms with Crippen molar-refractivity contribution in [3.63, 3.8) is 0 Å². The molecule has 0 aromatic heterocycles. The van der Waals surface area contributed by atoms with Gasteiger partial charge in [0.05, 0.1) is 0 Å². The summed E-state index contributed by atoms with van der Waals surface area (Å²) in [5, 5.41) is 2.55. The summed E-state index contributed by atoms with van der Waals surface area (Å²) < 4.78 is 37.3. The summed E-state index contributed by atoms with van der Waals surface area (Å²) >= 11 is -0.201. The summed E-state index contributed by atoms with van der Waals surface area (Å²) in [6.07, 6.45) is 1.81. The molecule has 0 heterocycles. The van der Waals surface area contributed by atoms with Gasteiger partial charge in [0, 0.05) is 35.7 Å². The number of nitrogens with zero attached hydrogens (tertiary/aromatic N) is 1. The first kappa shape index (κ1) is 20.3. The SMILES string of the molecule is CNC(=O)c1ccc(CN(C(=O)c2ccc(SC(F)(F)F)cc2)C2CC2)cc1. The third-order valence-electron chi connectivity index (χ3n) is 4.38. The summed E-state index contributed by atoms with van der Waals surface area (Å²) in [7, 11) is 1.56. The third-order valence-corrected chi connectivity index (χ3v) is 5.12. The number of alkyl halides is 3. The lowest BCUT2D eigenvalue weighted by atomic mass is 10.1. The van der Waals surface area contributed by atoms with Crippen LogP contribution in [0, 0.1) is 0 Å². The first-order valence-corrected chi connectivity index (χ1v) is 9.56. The molecule has 1 N–H and O–H groups in total. The summed E-state index contributed by atoms with van der Waals surface area (Å²) in [6, 6.07) is 12.6. The molecule has 0 spiro atoms. The molecule has 0 bridgehead atoms. The van der Waals surface area contributed by atoms with Crippen LogP contribution in [0.3, 0.4) is 0 Å². The van der Waals surface area contributed by atoms with Crippen LogP contribution in [0.2, 0.25) is 0 Å². The molecule has 8 heteroatoms. The van der Waals surface area contributed by atoms with Crippen molar-refractivity contribution >= 4 is 23.6 Å². The molecular formula is C20H19F3N2O2S. The molecule has 0 aliphatic heterocycles. The number of rotatable bonds is 6. The molecule has 1 fully saturated rings. The van der Waals surface area contributed by atoms with E-state index in [9.17, 15) is 22.8 Å². The van der Waals surface area contributed by atoms with Crippen LogP contribution in [-0.4, -0.2) is 35.3 Å². The molecule has 4 nitrogen and oxygen atoms in total. The van der Waals surface area contributed by atoms with Gasteiger partial charge < -0.3 is 10.2 Å². The fourth-order valence-corrected chi connectivity index (χ4v) is 3.36. The Hall–Kier alpha value is -2.48. The number of hydrogen-bond donors (Lipinski definition) is 1.